The first-order chi connectivity index (χ1) is 8.13. The standard InChI is InChI=1S/C12H21N3OS/c1-4-9-6-5-7-15(9)12-10(16-8(2)3)11(13)14-17-12/h8-9H,4-7H2,1-3H3,(H2,13,14). The van der Waals surface area contributed by atoms with Gasteiger partial charge in [-0.15, -0.1) is 0 Å². The van der Waals surface area contributed by atoms with Gasteiger partial charge in [0.2, 0.25) is 0 Å². The van der Waals surface area contributed by atoms with Gasteiger partial charge in [0.1, 0.15) is 0 Å². The summed E-state index contributed by atoms with van der Waals surface area (Å²) in [4.78, 5) is 2.41. The molecule has 0 spiro atoms. The van der Waals surface area contributed by atoms with E-state index >= 15 is 0 Å². The molecule has 96 valence electrons. The van der Waals surface area contributed by atoms with Crippen LogP contribution in [-0.4, -0.2) is 23.1 Å². The van der Waals surface area contributed by atoms with Gasteiger partial charge in [-0.05, 0) is 44.6 Å². The normalized spacial score (nSPS) is 20.2. The predicted molar refractivity (Wildman–Crippen MR) is 72.9 cm³/mol. The van der Waals surface area contributed by atoms with Crippen molar-refractivity contribution in [3.8, 4) is 5.75 Å². The zero-order chi connectivity index (χ0) is 12.4. The Morgan fingerprint density at radius 2 is 2.35 bits per heavy atom. The minimum absolute atomic E-state index is 0.134. The lowest BCUT2D eigenvalue weighted by molar-refractivity contribution is 0.244. The number of nitrogens with zero attached hydrogens (tertiary/aromatic N) is 2. The molecule has 0 bridgehead atoms. The molecule has 2 heterocycles. The second-order valence-corrected chi connectivity index (χ2v) is 5.52. The summed E-state index contributed by atoms with van der Waals surface area (Å²) in [6, 6.07) is 0.615. The molecule has 0 aromatic carbocycles. The Balaban J connectivity index is 2.25. The molecule has 17 heavy (non-hydrogen) atoms. The van der Waals surface area contributed by atoms with Crippen LogP contribution < -0.4 is 15.4 Å². The molecular weight excluding hydrogens is 234 g/mol. The van der Waals surface area contributed by atoms with Crippen LogP contribution in [0.2, 0.25) is 0 Å². The van der Waals surface area contributed by atoms with Crippen LogP contribution in [0, 0.1) is 0 Å². The zero-order valence-corrected chi connectivity index (χ0v) is 11.6. The van der Waals surface area contributed by atoms with Crippen molar-refractivity contribution in [2.75, 3.05) is 17.2 Å². The maximum absolute atomic E-state index is 5.89. The second kappa shape index (κ2) is 5.12. The molecule has 0 amide bonds. The summed E-state index contributed by atoms with van der Waals surface area (Å²) in [7, 11) is 0. The number of nitrogens with two attached hydrogens (primary N) is 1. The molecule has 1 aromatic rings. The number of hydrogen-bond donors (Lipinski definition) is 1. The minimum atomic E-state index is 0.134. The minimum Gasteiger partial charge on any atom is -0.484 e. The highest BCUT2D eigenvalue weighted by Gasteiger charge is 2.28. The molecule has 4 nitrogen and oxygen atoms in total. The first-order valence-electron chi connectivity index (χ1n) is 6.32. The Morgan fingerprint density at radius 1 is 1.59 bits per heavy atom. The topological polar surface area (TPSA) is 51.4 Å². The molecule has 1 aliphatic rings. The summed E-state index contributed by atoms with van der Waals surface area (Å²) < 4.78 is 10.0. The van der Waals surface area contributed by atoms with Gasteiger partial charge in [-0.2, -0.15) is 4.37 Å². The highest BCUT2D eigenvalue weighted by molar-refractivity contribution is 7.11. The summed E-state index contributed by atoms with van der Waals surface area (Å²) in [5.41, 5.74) is 5.89. The Bertz CT molecular complexity index is 378. The van der Waals surface area contributed by atoms with E-state index in [4.69, 9.17) is 10.5 Å². The smallest absolute Gasteiger partial charge is 0.198 e. The molecule has 1 aliphatic heterocycles. The van der Waals surface area contributed by atoms with E-state index in [0.29, 0.717) is 11.9 Å². The van der Waals surface area contributed by atoms with E-state index in [1.54, 1.807) is 0 Å². The lowest BCUT2D eigenvalue weighted by atomic mass is 10.2. The third kappa shape index (κ3) is 2.49. The van der Waals surface area contributed by atoms with Crippen molar-refractivity contribution in [2.24, 2.45) is 0 Å². The fourth-order valence-corrected chi connectivity index (χ4v) is 3.19. The summed E-state index contributed by atoms with van der Waals surface area (Å²) in [6.45, 7) is 7.36. The van der Waals surface area contributed by atoms with Gasteiger partial charge in [0.05, 0.1) is 6.10 Å². The van der Waals surface area contributed by atoms with Crippen LogP contribution in [0.3, 0.4) is 0 Å². The molecule has 1 unspecified atom stereocenters. The van der Waals surface area contributed by atoms with E-state index in [-0.39, 0.29) is 6.10 Å². The largest absolute Gasteiger partial charge is 0.484 e. The maximum Gasteiger partial charge on any atom is 0.198 e. The molecule has 0 aliphatic carbocycles. The van der Waals surface area contributed by atoms with Crippen LogP contribution in [-0.2, 0) is 0 Å². The molecule has 0 saturated carbocycles. The fraction of sp³-hybridized carbons (Fsp3) is 0.750. The van der Waals surface area contributed by atoms with Crippen LogP contribution >= 0.6 is 11.5 Å². The van der Waals surface area contributed by atoms with Crippen molar-refractivity contribution in [3.63, 3.8) is 0 Å². The van der Waals surface area contributed by atoms with E-state index in [1.807, 2.05) is 13.8 Å². The number of nitrogen functional groups attached to an aromatic ring is 1. The lowest BCUT2D eigenvalue weighted by Gasteiger charge is -2.25. The van der Waals surface area contributed by atoms with Crippen molar-refractivity contribution in [1.82, 2.24) is 4.37 Å². The molecule has 1 aromatic heterocycles. The van der Waals surface area contributed by atoms with Gasteiger partial charge >= 0.3 is 0 Å². The van der Waals surface area contributed by atoms with Crippen LogP contribution in [0.15, 0.2) is 0 Å². The van der Waals surface area contributed by atoms with E-state index in [1.165, 1.54) is 30.8 Å². The highest BCUT2D eigenvalue weighted by Crippen LogP contribution is 2.42. The summed E-state index contributed by atoms with van der Waals surface area (Å²) >= 11 is 1.46. The number of hydrogen-bond acceptors (Lipinski definition) is 5. The van der Waals surface area contributed by atoms with Crippen LogP contribution in [0.5, 0.6) is 5.75 Å². The molecule has 1 fully saturated rings. The van der Waals surface area contributed by atoms with Crippen molar-refractivity contribution >= 4 is 22.4 Å². The van der Waals surface area contributed by atoms with Gasteiger partial charge < -0.3 is 15.4 Å². The quantitative estimate of drug-likeness (QED) is 0.898. The van der Waals surface area contributed by atoms with Crippen LogP contribution in [0.1, 0.15) is 40.0 Å². The van der Waals surface area contributed by atoms with Gasteiger partial charge in [-0.1, -0.05) is 6.92 Å². The van der Waals surface area contributed by atoms with E-state index in [9.17, 15) is 0 Å². The average molecular weight is 255 g/mol. The number of aromatic nitrogens is 1. The summed E-state index contributed by atoms with van der Waals surface area (Å²) in [6.07, 6.45) is 3.81. The van der Waals surface area contributed by atoms with Gasteiger partial charge in [-0.3, -0.25) is 0 Å². The second-order valence-electron chi connectivity index (χ2n) is 4.77. The maximum atomic E-state index is 5.89. The third-order valence-electron chi connectivity index (χ3n) is 3.12. The molecule has 2 N–H and O–H groups in total. The molecule has 0 radical (unpaired) electrons. The molecular formula is C12H21N3OS. The average Bonchev–Trinajstić information content (AvgIpc) is 2.86. The molecule has 5 heteroatoms. The van der Waals surface area contributed by atoms with Crippen molar-refractivity contribution in [1.29, 1.82) is 0 Å². The van der Waals surface area contributed by atoms with E-state index in [0.717, 1.165) is 17.3 Å². The molecule has 2 rings (SSSR count). The highest BCUT2D eigenvalue weighted by atomic mass is 32.1. The monoisotopic (exact) mass is 255 g/mol. The first-order valence-corrected chi connectivity index (χ1v) is 7.09. The van der Waals surface area contributed by atoms with Gasteiger partial charge in [0.15, 0.2) is 16.6 Å². The number of anilines is 2. The Kier molecular flexibility index (Phi) is 3.76. The zero-order valence-electron chi connectivity index (χ0n) is 10.8. The van der Waals surface area contributed by atoms with E-state index in [2.05, 4.69) is 16.2 Å². The molecule has 1 atom stereocenters. The fourth-order valence-electron chi connectivity index (χ4n) is 2.34. The van der Waals surface area contributed by atoms with Crippen molar-refractivity contribution < 1.29 is 4.74 Å². The van der Waals surface area contributed by atoms with E-state index < -0.39 is 0 Å². The van der Waals surface area contributed by atoms with Crippen LogP contribution in [0.25, 0.3) is 0 Å². The predicted octanol–water partition coefficient (Wildman–Crippen LogP) is 2.89. The number of rotatable bonds is 4. The summed E-state index contributed by atoms with van der Waals surface area (Å²) in [5, 5.41) is 1.11. The van der Waals surface area contributed by atoms with Crippen molar-refractivity contribution in [3.05, 3.63) is 0 Å². The Labute approximate surface area is 107 Å². The molecule has 1 saturated heterocycles. The summed E-state index contributed by atoms with van der Waals surface area (Å²) in [5.74, 6) is 1.31. The van der Waals surface area contributed by atoms with Gasteiger partial charge in [-0.25, -0.2) is 0 Å². The SMILES string of the molecule is CCC1CCCN1c1snc(N)c1OC(C)C. The number of ether oxygens (including phenoxy) is 1. The lowest BCUT2D eigenvalue weighted by Crippen LogP contribution is -2.28. The Hall–Kier alpha value is -0.970. The van der Waals surface area contributed by atoms with Crippen molar-refractivity contribution in [2.45, 2.75) is 52.2 Å². The van der Waals surface area contributed by atoms with Gasteiger partial charge in [0.25, 0.3) is 0 Å². The first kappa shape index (κ1) is 12.5. The van der Waals surface area contributed by atoms with Gasteiger partial charge in [0, 0.05) is 12.6 Å². The Morgan fingerprint density at radius 3 is 3.00 bits per heavy atom. The van der Waals surface area contributed by atoms with Crippen LogP contribution in [0.4, 0.5) is 10.8 Å². The third-order valence-corrected chi connectivity index (χ3v) is 4.00.